The molecular formula is C12H18F2N2O5. The summed E-state index contributed by atoms with van der Waals surface area (Å²) in [5.74, 6) is -2.86. The van der Waals surface area contributed by atoms with E-state index in [1.54, 1.807) is 20.8 Å². The van der Waals surface area contributed by atoms with Gasteiger partial charge in [0.25, 0.3) is 5.91 Å². The number of carboxylic acids is 1. The Morgan fingerprint density at radius 3 is 2.33 bits per heavy atom. The van der Waals surface area contributed by atoms with Crippen LogP contribution in [0.25, 0.3) is 0 Å². The molecule has 1 saturated heterocycles. The highest BCUT2D eigenvalue weighted by molar-refractivity contribution is 5.87. The monoisotopic (exact) mass is 308 g/mol. The Morgan fingerprint density at radius 1 is 1.33 bits per heavy atom. The van der Waals surface area contributed by atoms with Gasteiger partial charge in [-0.05, 0) is 20.8 Å². The molecule has 1 atom stereocenters. The number of alkyl halides is 2. The minimum Gasteiger partial charge on any atom is -0.479 e. The summed E-state index contributed by atoms with van der Waals surface area (Å²) < 4.78 is 29.7. The zero-order chi connectivity index (χ0) is 16.4. The number of nitrogens with one attached hydrogen (secondary N) is 1. The first-order chi connectivity index (χ1) is 9.47. The van der Waals surface area contributed by atoms with Crippen molar-refractivity contribution in [3.05, 3.63) is 0 Å². The van der Waals surface area contributed by atoms with E-state index in [1.165, 1.54) is 0 Å². The Bertz CT molecular complexity index is 449. The molecule has 1 rings (SSSR count). The van der Waals surface area contributed by atoms with Gasteiger partial charge in [-0.15, -0.1) is 0 Å². The second-order valence-corrected chi connectivity index (χ2v) is 5.82. The maximum atomic E-state index is 12.4. The summed E-state index contributed by atoms with van der Waals surface area (Å²) in [5.41, 5.74) is -2.65. The molecule has 1 fully saturated rings. The number of carbonyl (C=O) groups is 3. The summed E-state index contributed by atoms with van der Waals surface area (Å²) in [6.45, 7) is 4.10. The van der Waals surface area contributed by atoms with Gasteiger partial charge in [0.15, 0.2) is 5.54 Å². The van der Waals surface area contributed by atoms with Crippen molar-refractivity contribution < 1.29 is 33.0 Å². The van der Waals surface area contributed by atoms with Crippen molar-refractivity contribution in [2.24, 2.45) is 0 Å². The SMILES string of the molecule is CC(C)(C)OC(=O)NC1(C(=O)O)CCN(C(=O)C(F)F)C1. The Morgan fingerprint density at radius 2 is 1.90 bits per heavy atom. The lowest BCUT2D eigenvalue weighted by atomic mass is 9.99. The van der Waals surface area contributed by atoms with Crippen molar-refractivity contribution in [3.8, 4) is 0 Å². The molecule has 1 aliphatic heterocycles. The Hall–Kier alpha value is -1.93. The van der Waals surface area contributed by atoms with Gasteiger partial charge in [0, 0.05) is 13.0 Å². The largest absolute Gasteiger partial charge is 0.479 e. The molecule has 2 amide bonds. The lowest BCUT2D eigenvalue weighted by Crippen LogP contribution is -2.57. The first-order valence-corrected chi connectivity index (χ1v) is 6.28. The van der Waals surface area contributed by atoms with E-state index in [4.69, 9.17) is 4.74 Å². The number of hydrogen-bond donors (Lipinski definition) is 2. The molecule has 0 spiro atoms. The maximum Gasteiger partial charge on any atom is 0.408 e. The van der Waals surface area contributed by atoms with Crippen molar-refractivity contribution >= 4 is 18.0 Å². The van der Waals surface area contributed by atoms with E-state index < -0.39 is 42.1 Å². The van der Waals surface area contributed by atoms with E-state index >= 15 is 0 Å². The molecule has 0 aromatic rings. The van der Waals surface area contributed by atoms with Crippen LogP contribution in [-0.2, 0) is 14.3 Å². The molecule has 1 unspecified atom stereocenters. The van der Waals surface area contributed by atoms with Crippen molar-refractivity contribution in [2.45, 2.75) is 44.8 Å². The molecule has 9 heteroatoms. The number of rotatable bonds is 3. The van der Waals surface area contributed by atoms with Crippen LogP contribution in [0.4, 0.5) is 13.6 Å². The minimum absolute atomic E-state index is 0.167. The van der Waals surface area contributed by atoms with Gasteiger partial charge in [-0.2, -0.15) is 8.78 Å². The predicted molar refractivity (Wildman–Crippen MR) is 66.9 cm³/mol. The minimum atomic E-state index is -3.21. The zero-order valence-electron chi connectivity index (χ0n) is 12.0. The second kappa shape index (κ2) is 5.82. The van der Waals surface area contributed by atoms with E-state index in [0.29, 0.717) is 0 Å². The molecule has 7 nitrogen and oxygen atoms in total. The van der Waals surface area contributed by atoms with Crippen molar-refractivity contribution in [1.82, 2.24) is 10.2 Å². The van der Waals surface area contributed by atoms with Gasteiger partial charge < -0.3 is 20.1 Å². The van der Waals surface area contributed by atoms with Gasteiger partial charge in [0.1, 0.15) is 5.60 Å². The predicted octanol–water partition coefficient (Wildman–Crippen LogP) is 0.832. The summed E-state index contributed by atoms with van der Waals surface area (Å²) in [6.07, 6.45) is -4.35. The lowest BCUT2D eigenvalue weighted by molar-refractivity contribution is -0.146. The summed E-state index contributed by atoms with van der Waals surface area (Å²) in [6, 6.07) is 0. The Balaban J connectivity index is 2.81. The molecule has 0 saturated carbocycles. The third-order valence-corrected chi connectivity index (χ3v) is 2.92. The van der Waals surface area contributed by atoms with E-state index in [1.807, 2.05) is 0 Å². The number of hydrogen-bond acceptors (Lipinski definition) is 4. The molecule has 1 aliphatic rings. The fraction of sp³-hybridized carbons (Fsp3) is 0.750. The highest BCUT2D eigenvalue weighted by atomic mass is 19.3. The lowest BCUT2D eigenvalue weighted by Gasteiger charge is -2.28. The zero-order valence-corrected chi connectivity index (χ0v) is 12.0. The topological polar surface area (TPSA) is 95.9 Å². The molecule has 0 radical (unpaired) electrons. The maximum absolute atomic E-state index is 12.4. The molecule has 1 heterocycles. The smallest absolute Gasteiger partial charge is 0.408 e. The van der Waals surface area contributed by atoms with Crippen LogP contribution in [0.1, 0.15) is 27.2 Å². The number of ether oxygens (including phenoxy) is 1. The summed E-state index contributed by atoms with van der Waals surface area (Å²) in [7, 11) is 0. The molecule has 21 heavy (non-hydrogen) atoms. The molecule has 120 valence electrons. The third-order valence-electron chi connectivity index (χ3n) is 2.92. The van der Waals surface area contributed by atoms with Crippen LogP contribution in [0.2, 0.25) is 0 Å². The fourth-order valence-corrected chi connectivity index (χ4v) is 1.96. The summed E-state index contributed by atoms with van der Waals surface area (Å²) in [5, 5.41) is 11.4. The van der Waals surface area contributed by atoms with Crippen LogP contribution in [-0.4, -0.2) is 58.6 Å². The average Bonchev–Trinajstić information content (AvgIpc) is 2.70. The van der Waals surface area contributed by atoms with Crippen LogP contribution in [0, 0.1) is 0 Å². The van der Waals surface area contributed by atoms with Crippen LogP contribution in [0.3, 0.4) is 0 Å². The van der Waals surface area contributed by atoms with E-state index in [2.05, 4.69) is 5.32 Å². The first-order valence-electron chi connectivity index (χ1n) is 6.28. The fourth-order valence-electron chi connectivity index (χ4n) is 1.96. The first kappa shape index (κ1) is 17.1. The van der Waals surface area contributed by atoms with Gasteiger partial charge in [-0.1, -0.05) is 0 Å². The van der Waals surface area contributed by atoms with Gasteiger partial charge >= 0.3 is 18.5 Å². The third kappa shape index (κ3) is 4.27. The standard InChI is InChI=1S/C12H18F2N2O5/c1-11(2,3)21-10(20)15-12(9(18)19)4-5-16(6-12)8(17)7(13)14/h7H,4-6H2,1-3H3,(H,15,20)(H,18,19). The van der Waals surface area contributed by atoms with Gasteiger partial charge in [0.2, 0.25) is 0 Å². The molecule has 0 aromatic heterocycles. The number of carboxylic acid groups (broad SMARTS) is 1. The second-order valence-electron chi connectivity index (χ2n) is 5.82. The summed E-state index contributed by atoms with van der Waals surface area (Å²) in [4.78, 5) is 35.0. The van der Waals surface area contributed by atoms with Crippen molar-refractivity contribution in [1.29, 1.82) is 0 Å². The van der Waals surface area contributed by atoms with Gasteiger partial charge in [-0.3, -0.25) is 4.79 Å². The van der Waals surface area contributed by atoms with Gasteiger partial charge in [-0.25, -0.2) is 9.59 Å². The Kier molecular flexibility index (Phi) is 4.75. The van der Waals surface area contributed by atoms with E-state index in [9.17, 15) is 28.3 Å². The Labute approximate surface area is 120 Å². The van der Waals surface area contributed by atoms with Crippen LogP contribution >= 0.6 is 0 Å². The van der Waals surface area contributed by atoms with Crippen LogP contribution in [0.15, 0.2) is 0 Å². The van der Waals surface area contributed by atoms with Crippen LogP contribution in [0.5, 0.6) is 0 Å². The number of likely N-dealkylation sites (tertiary alicyclic amines) is 1. The quantitative estimate of drug-likeness (QED) is 0.805. The van der Waals surface area contributed by atoms with Gasteiger partial charge in [0.05, 0.1) is 6.54 Å². The van der Waals surface area contributed by atoms with Crippen molar-refractivity contribution in [2.75, 3.05) is 13.1 Å². The summed E-state index contributed by atoms with van der Waals surface area (Å²) >= 11 is 0. The highest BCUT2D eigenvalue weighted by Crippen LogP contribution is 2.24. The number of carbonyl (C=O) groups excluding carboxylic acids is 2. The van der Waals surface area contributed by atoms with E-state index in [-0.39, 0.29) is 13.0 Å². The molecule has 0 bridgehead atoms. The highest BCUT2D eigenvalue weighted by Gasteiger charge is 2.49. The number of nitrogens with zero attached hydrogens (tertiary/aromatic N) is 1. The normalized spacial score (nSPS) is 22.3. The number of aliphatic carboxylic acids is 1. The number of amides is 2. The molecule has 0 aliphatic carbocycles. The van der Waals surface area contributed by atoms with Crippen LogP contribution < -0.4 is 5.32 Å². The van der Waals surface area contributed by atoms with Crippen molar-refractivity contribution in [3.63, 3.8) is 0 Å². The number of halogens is 2. The molecule has 0 aromatic carbocycles. The number of alkyl carbamates (subject to hydrolysis) is 1. The average molecular weight is 308 g/mol. The molecule has 2 N–H and O–H groups in total. The molecular weight excluding hydrogens is 290 g/mol. The van der Waals surface area contributed by atoms with E-state index in [0.717, 1.165) is 4.90 Å².